The van der Waals surface area contributed by atoms with Crippen molar-refractivity contribution >= 4 is 11.9 Å². The summed E-state index contributed by atoms with van der Waals surface area (Å²) in [6, 6.07) is 0. The standard InChI is InChI=1S/C11H22N2O3/c1-10(2,3)12-7-8(14)13-11(4,5)9(15)16-6/h12H,7H2,1-6H3,(H,13,14). The number of rotatable bonds is 4. The molecule has 1 amide bonds. The maximum atomic E-state index is 11.5. The van der Waals surface area contributed by atoms with Gasteiger partial charge in [-0.1, -0.05) is 0 Å². The Morgan fingerprint density at radius 1 is 1.12 bits per heavy atom. The van der Waals surface area contributed by atoms with Gasteiger partial charge in [-0.2, -0.15) is 0 Å². The molecule has 0 saturated carbocycles. The van der Waals surface area contributed by atoms with Crippen molar-refractivity contribution in [3.8, 4) is 0 Å². The minimum atomic E-state index is -0.995. The molecular formula is C11H22N2O3. The van der Waals surface area contributed by atoms with Gasteiger partial charge in [0.05, 0.1) is 13.7 Å². The van der Waals surface area contributed by atoms with Gasteiger partial charge < -0.3 is 15.4 Å². The summed E-state index contributed by atoms with van der Waals surface area (Å²) in [5, 5.41) is 5.64. The van der Waals surface area contributed by atoms with Crippen molar-refractivity contribution < 1.29 is 14.3 Å². The summed E-state index contributed by atoms with van der Waals surface area (Å²) in [7, 11) is 1.30. The first-order chi connectivity index (χ1) is 7.08. The van der Waals surface area contributed by atoms with E-state index in [0.717, 1.165) is 0 Å². The summed E-state index contributed by atoms with van der Waals surface area (Å²) in [6.07, 6.45) is 0. The summed E-state index contributed by atoms with van der Waals surface area (Å²) in [4.78, 5) is 22.9. The summed E-state index contributed by atoms with van der Waals surface area (Å²) in [5.74, 6) is -0.693. The minimum absolute atomic E-state index is 0.132. The van der Waals surface area contributed by atoms with Crippen LogP contribution in [0.3, 0.4) is 0 Å². The molecule has 0 fully saturated rings. The van der Waals surface area contributed by atoms with Crippen molar-refractivity contribution in [2.45, 2.75) is 45.7 Å². The lowest BCUT2D eigenvalue weighted by molar-refractivity contribution is -0.149. The number of ether oxygens (including phenoxy) is 1. The first kappa shape index (κ1) is 14.9. The third-order valence-electron chi connectivity index (χ3n) is 1.93. The molecule has 0 spiro atoms. The van der Waals surface area contributed by atoms with Crippen LogP contribution in [-0.2, 0) is 14.3 Å². The predicted octanol–water partition coefficient (Wildman–Crippen LogP) is 0.442. The summed E-state index contributed by atoms with van der Waals surface area (Å²) in [5.41, 5.74) is -1.13. The van der Waals surface area contributed by atoms with Gasteiger partial charge in [0.1, 0.15) is 5.54 Å². The molecule has 2 N–H and O–H groups in total. The molecule has 0 aromatic carbocycles. The molecule has 0 aliphatic heterocycles. The molecule has 0 aromatic heterocycles. The highest BCUT2D eigenvalue weighted by molar-refractivity contribution is 5.88. The third kappa shape index (κ3) is 5.70. The Hall–Kier alpha value is -1.10. The van der Waals surface area contributed by atoms with Crippen LogP contribution in [0, 0.1) is 0 Å². The van der Waals surface area contributed by atoms with Crippen LogP contribution in [0.4, 0.5) is 0 Å². The SMILES string of the molecule is COC(=O)C(C)(C)NC(=O)CNC(C)(C)C. The molecule has 5 heteroatoms. The fraction of sp³-hybridized carbons (Fsp3) is 0.818. The number of amides is 1. The van der Waals surface area contributed by atoms with Gasteiger partial charge in [0, 0.05) is 5.54 Å². The molecule has 0 rings (SSSR count). The number of nitrogens with one attached hydrogen (secondary N) is 2. The Balaban J connectivity index is 4.20. The minimum Gasteiger partial charge on any atom is -0.467 e. The lowest BCUT2D eigenvalue weighted by Gasteiger charge is -2.25. The van der Waals surface area contributed by atoms with Crippen molar-refractivity contribution in [2.24, 2.45) is 0 Å². The van der Waals surface area contributed by atoms with Crippen LogP contribution in [0.2, 0.25) is 0 Å². The molecule has 0 radical (unpaired) electrons. The van der Waals surface area contributed by atoms with Crippen LogP contribution >= 0.6 is 0 Å². The zero-order chi connectivity index (χ0) is 13.0. The van der Waals surface area contributed by atoms with Gasteiger partial charge in [-0.25, -0.2) is 4.79 Å². The fourth-order valence-corrected chi connectivity index (χ4v) is 1.04. The highest BCUT2D eigenvalue weighted by Crippen LogP contribution is 2.04. The molecule has 16 heavy (non-hydrogen) atoms. The Labute approximate surface area is 96.9 Å². The van der Waals surface area contributed by atoms with Crippen LogP contribution in [0.25, 0.3) is 0 Å². The van der Waals surface area contributed by atoms with E-state index in [-0.39, 0.29) is 18.0 Å². The molecule has 0 unspecified atom stereocenters. The number of hydrogen-bond acceptors (Lipinski definition) is 4. The lowest BCUT2D eigenvalue weighted by Crippen LogP contribution is -2.54. The Bertz CT molecular complexity index is 267. The van der Waals surface area contributed by atoms with Gasteiger partial charge in [-0.15, -0.1) is 0 Å². The molecule has 5 nitrogen and oxygen atoms in total. The molecule has 0 aromatic rings. The van der Waals surface area contributed by atoms with Gasteiger partial charge >= 0.3 is 5.97 Å². The van der Waals surface area contributed by atoms with E-state index < -0.39 is 11.5 Å². The zero-order valence-corrected chi connectivity index (χ0v) is 10.9. The second-order valence-electron chi connectivity index (χ2n) is 5.27. The molecule has 0 saturated heterocycles. The second-order valence-corrected chi connectivity index (χ2v) is 5.27. The predicted molar refractivity (Wildman–Crippen MR) is 62.0 cm³/mol. The summed E-state index contributed by atoms with van der Waals surface area (Å²) < 4.78 is 4.59. The Morgan fingerprint density at radius 2 is 1.62 bits per heavy atom. The van der Waals surface area contributed by atoms with Crippen LogP contribution < -0.4 is 10.6 Å². The maximum Gasteiger partial charge on any atom is 0.330 e. The topological polar surface area (TPSA) is 67.4 Å². The monoisotopic (exact) mass is 230 g/mol. The van der Waals surface area contributed by atoms with Crippen molar-refractivity contribution in [1.29, 1.82) is 0 Å². The quantitative estimate of drug-likeness (QED) is 0.688. The molecule has 0 aliphatic rings. The first-order valence-electron chi connectivity index (χ1n) is 5.23. The van der Waals surface area contributed by atoms with Gasteiger partial charge in [0.15, 0.2) is 0 Å². The van der Waals surface area contributed by atoms with Gasteiger partial charge in [-0.3, -0.25) is 4.79 Å². The van der Waals surface area contributed by atoms with E-state index in [4.69, 9.17) is 0 Å². The average molecular weight is 230 g/mol. The zero-order valence-electron chi connectivity index (χ0n) is 10.9. The first-order valence-corrected chi connectivity index (χ1v) is 5.23. The number of esters is 1. The van der Waals surface area contributed by atoms with E-state index in [1.807, 2.05) is 20.8 Å². The molecule has 94 valence electrons. The number of carbonyl (C=O) groups excluding carboxylic acids is 2. The normalized spacial score (nSPS) is 12.1. The van der Waals surface area contributed by atoms with Gasteiger partial charge in [-0.05, 0) is 34.6 Å². The van der Waals surface area contributed by atoms with Crippen molar-refractivity contribution in [1.82, 2.24) is 10.6 Å². The van der Waals surface area contributed by atoms with E-state index in [1.165, 1.54) is 7.11 Å². The van der Waals surface area contributed by atoms with Crippen LogP contribution in [0.1, 0.15) is 34.6 Å². The van der Waals surface area contributed by atoms with Crippen LogP contribution in [-0.4, -0.2) is 36.6 Å². The Kier molecular flexibility index (Phi) is 4.93. The van der Waals surface area contributed by atoms with Gasteiger partial charge in [0.2, 0.25) is 5.91 Å². The fourth-order valence-electron chi connectivity index (χ4n) is 1.04. The third-order valence-corrected chi connectivity index (χ3v) is 1.93. The van der Waals surface area contributed by atoms with E-state index >= 15 is 0 Å². The molecule has 0 heterocycles. The smallest absolute Gasteiger partial charge is 0.330 e. The van der Waals surface area contributed by atoms with E-state index in [1.54, 1.807) is 13.8 Å². The van der Waals surface area contributed by atoms with Crippen molar-refractivity contribution in [2.75, 3.05) is 13.7 Å². The largest absolute Gasteiger partial charge is 0.467 e. The number of carbonyl (C=O) groups is 2. The van der Waals surface area contributed by atoms with E-state index in [9.17, 15) is 9.59 Å². The van der Waals surface area contributed by atoms with Gasteiger partial charge in [0.25, 0.3) is 0 Å². The summed E-state index contributed by atoms with van der Waals surface area (Å²) in [6.45, 7) is 9.27. The number of methoxy groups -OCH3 is 1. The van der Waals surface area contributed by atoms with Crippen LogP contribution in [0.5, 0.6) is 0 Å². The molecule has 0 bridgehead atoms. The maximum absolute atomic E-state index is 11.5. The Morgan fingerprint density at radius 3 is 2.00 bits per heavy atom. The second kappa shape index (κ2) is 5.30. The van der Waals surface area contributed by atoms with Crippen molar-refractivity contribution in [3.63, 3.8) is 0 Å². The highest BCUT2D eigenvalue weighted by atomic mass is 16.5. The van der Waals surface area contributed by atoms with E-state index in [0.29, 0.717) is 0 Å². The molecular weight excluding hydrogens is 208 g/mol. The molecule has 0 aliphatic carbocycles. The summed E-state index contributed by atoms with van der Waals surface area (Å²) >= 11 is 0. The van der Waals surface area contributed by atoms with E-state index in [2.05, 4.69) is 15.4 Å². The molecule has 0 atom stereocenters. The number of hydrogen-bond donors (Lipinski definition) is 2. The average Bonchev–Trinajstić information content (AvgIpc) is 2.11. The van der Waals surface area contributed by atoms with Crippen molar-refractivity contribution in [3.05, 3.63) is 0 Å². The highest BCUT2D eigenvalue weighted by Gasteiger charge is 2.30. The lowest BCUT2D eigenvalue weighted by atomic mass is 10.1. The van der Waals surface area contributed by atoms with Crippen LogP contribution in [0.15, 0.2) is 0 Å².